The van der Waals surface area contributed by atoms with Crippen molar-refractivity contribution in [3.63, 3.8) is 0 Å². The summed E-state index contributed by atoms with van der Waals surface area (Å²) in [6.07, 6.45) is 9.18. The van der Waals surface area contributed by atoms with Crippen LogP contribution in [-0.2, 0) is 0 Å². The zero-order chi connectivity index (χ0) is 20.3. The second-order valence-electron chi connectivity index (χ2n) is 8.57. The maximum Gasteiger partial charge on any atom is 0.126 e. The van der Waals surface area contributed by atoms with Gasteiger partial charge in [0.05, 0.1) is 0 Å². The largest absolute Gasteiger partial charge is 0.486 e. The van der Waals surface area contributed by atoms with Crippen LogP contribution in [0.4, 0.5) is 4.39 Å². The third kappa shape index (κ3) is 5.53. The van der Waals surface area contributed by atoms with E-state index >= 15 is 0 Å². The van der Waals surface area contributed by atoms with E-state index in [1.807, 2.05) is 18.2 Å². The quantitative estimate of drug-likeness (QED) is 0.336. The number of piperidine rings is 1. The zero-order valence-electron chi connectivity index (χ0n) is 16.7. The molecule has 0 N–H and O–H groups in total. The van der Waals surface area contributed by atoms with Gasteiger partial charge in [0, 0.05) is 26.6 Å². The minimum Gasteiger partial charge on any atom is -0.486 e. The summed E-state index contributed by atoms with van der Waals surface area (Å²) in [5.74, 6) is 0.633. The van der Waals surface area contributed by atoms with Crippen molar-refractivity contribution in [1.82, 2.24) is 4.90 Å². The van der Waals surface area contributed by atoms with Gasteiger partial charge >= 0.3 is 0 Å². The highest BCUT2D eigenvalue weighted by atomic mass is 127. The number of benzene rings is 2. The summed E-state index contributed by atoms with van der Waals surface area (Å²) >= 11 is 5.85. The van der Waals surface area contributed by atoms with Crippen molar-refractivity contribution in [2.24, 2.45) is 5.41 Å². The Kier molecular flexibility index (Phi) is 7.18. The molecule has 2 aliphatic rings. The van der Waals surface area contributed by atoms with Crippen molar-refractivity contribution >= 4 is 38.5 Å². The van der Waals surface area contributed by atoms with Gasteiger partial charge < -0.3 is 9.64 Å². The molecule has 0 bridgehead atoms. The van der Waals surface area contributed by atoms with E-state index in [4.69, 9.17) is 4.74 Å². The molecular weight excluding hydrogens is 544 g/mol. The first-order valence-corrected chi connectivity index (χ1v) is 12.5. The minimum absolute atomic E-state index is 0.106. The van der Waals surface area contributed by atoms with Crippen LogP contribution in [0.5, 0.6) is 5.75 Å². The lowest BCUT2D eigenvalue weighted by Gasteiger charge is -2.39. The van der Waals surface area contributed by atoms with Crippen LogP contribution in [0.2, 0.25) is 0 Å². The maximum atomic E-state index is 13.6. The fourth-order valence-corrected chi connectivity index (χ4v) is 6.04. The Balaban J connectivity index is 1.44. The van der Waals surface area contributed by atoms with E-state index < -0.39 is 0 Å². The van der Waals surface area contributed by atoms with E-state index in [1.54, 1.807) is 0 Å². The molecule has 1 spiro atoms. The molecule has 1 aliphatic carbocycles. The Morgan fingerprint density at radius 1 is 1.07 bits per heavy atom. The number of hydrogen-bond donors (Lipinski definition) is 0. The number of rotatable bonds is 6. The smallest absolute Gasteiger partial charge is 0.126 e. The average molecular weight is 572 g/mol. The molecule has 2 fully saturated rings. The van der Waals surface area contributed by atoms with Gasteiger partial charge in [0.25, 0.3) is 0 Å². The summed E-state index contributed by atoms with van der Waals surface area (Å²) < 4.78 is 22.0. The van der Waals surface area contributed by atoms with Crippen molar-refractivity contribution in [3.05, 3.63) is 61.9 Å². The van der Waals surface area contributed by atoms with Gasteiger partial charge in [0.15, 0.2) is 0 Å². The SMILES string of the molecule is Fc1ccc(C(CCN2CCC3(CCCC3)CC2)Oc2cccc(I)c2)c(Br)c1. The topological polar surface area (TPSA) is 12.5 Å². The second kappa shape index (κ2) is 9.65. The first-order chi connectivity index (χ1) is 14.0. The van der Waals surface area contributed by atoms with E-state index in [0.717, 1.165) is 32.3 Å². The molecule has 2 aromatic rings. The molecule has 29 heavy (non-hydrogen) atoms. The Labute approximate surface area is 195 Å². The molecule has 156 valence electrons. The van der Waals surface area contributed by atoms with E-state index in [2.05, 4.69) is 55.6 Å². The standard InChI is InChI=1S/C24H28BrFINO/c25-22-16-18(26)6-7-21(22)23(29-20-5-3-4-19(27)17-20)8-13-28-14-11-24(12-15-28)9-1-2-10-24/h3-7,16-17,23H,1-2,8-15H2. The summed E-state index contributed by atoms with van der Waals surface area (Å²) in [4.78, 5) is 2.59. The van der Waals surface area contributed by atoms with Gasteiger partial charge in [-0.25, -0.2) is 4.39 Å². The van der Waals surface area contributed by atoms with E-state index in [9.17, 15) is 4.39 Å². The molecule has 1 heterocycles. The number of halogens is 3. The average Bonchev–Trinajstić information content (AvgIpc) is 3.15. The molecule has 1 atom stereocenters. The van der Waals surface area contributed by atoms with Gasteiger partial charge in [-0.15, -0.1) is 0 Å². The van der Waals surface area contributed by atoms with Crippen LogP contribution in [0.1, 0.15) is 56.6 Å². The highest BCUT2D eigenvalue weighted by Crippen LogP contribution is 2.46. The number of nitrogens with zero attached hydrogens (tertiary/aromatic N) is 1. The molecule has 0 aromatic heterocycles. The van der Waals surface area contributed by atoms with Crippen LogP contribution in [0.25, 0.3) is 0 Å². The van der Waals surface area contributed by atoms with Crippen molar-refractivity contribution < 1.29 is 9.13 Å². The summed E-state index contributed by atoms with van der Waals surface area (Å²) in [5, 5.41) is 0. The monoisotopic (exact) mass is 571 g/mol. The second-order valence-corrected chi connectivity index (χ2v) is 10.7. The fourth-order valence-electron chi connectivity index (χ4n) is 4.92. The summed E-state index contributed by atoms with van der Waals surface area (Å²) in [6, 6.07) is 13.0. The van der Waals surface area contributed by atoms with Crippen molar-refractivity contribution in [1.29, 1.82) is 0 Å². The molecule has 1 aliphatic heterocycles. The van der Waals surface area contributed by atoms with E-state index in [1.165, 1.54) is 63.7 Å². The number of ether oxygens (including phenoxy) is 1. The molecule has 1 saturated heterocycles. The lowest BCUT2D eigenvalue weighted by Crippen LogP contribution is -2.39. The Hall–Kier alpha value is -0.660. The van der Waals surface area contributed by atoms with E-state index in [-0.39, 0.29) is 11.9 Å². The van der Waals surface area contributed by atoms with Gasteiger partial charge in [-0.1, -0.05) is 40.9 Å². The van der Waals surface area contributed by atoms with Crippen LogP contribution in [0.3, 0.4) is 0 Å². The van der Waals surface area contributed by atoms with Crippen molar-refractivity contribution in [2.45, 2.75) is 51.0 Å². The van der Waals surface area contributed by atoms with Crippen molar-refractivity contribution in [2.75, 3.05) is 19.6 Å². The third-order valence-corrected chi connectivity index (χ3v) is 8.03. The summed E-state index contributed by atoms with van der Waals surface area (Å²) in [5.41, 5.74) is 1.65. The van der Waals surface area contributed by atoms with E-state index in [0.29, 0.717) is 5.41 Å². The van der Waals surface area contributed by atoms with Gasteiger partial charge in [-0.2, -0.15) is 0 Å². The Morgan fingerprint density at radius 3 is 2.52 bits per heavy atom. The predicted molar refractivity (Wildman–Crippen MR) is 128 cm³/mol. The van der Waals surface area contributed by atoms with Crippen LogP contribution < -0.4 is 4.74 Å². The Morgan fingerprint density at radius 2 is 1.83 bits per heavy atom. The van der Waals surface area contributed by atoms with Crippen LogP contribution >= 0.6 is 38.5 Å². The highest BCUT2D eigenvalue weighted by Gasteiger charge is 2.36. The van der Waals surface area contributed by atoms with Gasteiger partial charge in [-0.05, 0) is 97.1 Å². The lowest BCUT2D eigenvalue weighted by atomic mass is 9.77. The maximum absolute atomic E-state index is 13.6. The summed E-state index contributed by atoms with van der Waals surface area (Å²) in [6.45, 7) is 3.40. The predicted octanol–water partition coefficient (Wildman–Crippen LogP) is 7.36. The Bertz CT molecular complexity index is 829. The van der Waals surface area contributed by atoms with Gasteiger partial charge in [-0.3, -0.25) is 0 Å². The number of hydrogen-bond acceptors (Lipinski definition) is 2. The molecule has 1 unspecified atom stereocenters. The minimum atomic E-state index is -0.230. The van der Waals surface area contributed by atoms with Crippen LogP contribution in [0, 0.1) is 14.8 Å². The molecule has 0 amide bonds. The zero-order valence-corrected chi connectivity index (χ0v) is 20.4. The highest BCUT2D eigenvalue weighted by molar-refractivity contribution is 14.1. The van der Waals surface area contributed by atoms with Gasteiger partial charge in [0.2, 0.25) is 0 Å². The molecule has 5 heteroatoms. The molecule has 2 aromatic carbocycles. The molecule has 1 saturated carbocycles. The lowest BCUT2D eigenvalue weighted by molar-refractivity contribution is 0.0923. The van der Waals surface area contributed by atoms with Crippen LogP contribution in [-0.4, -0.2) is 24.5 Å². The normalized spacial score (nSPS) is 20.1. The third-order valence-electron chi connectivity index (χ3n) is 6.67. The first-order valence-electron chi connectivity index (χ1n) is 10.6. The van der Waals surface area contributed by atoms with Crippen molar-refractivity contribution in [3.8, 4) is 5.75 Å². The fraction of sp³-hybridized carbons (Fsp3) is 0.500. The first kappa shape index (κ1) is 21.6. The number of likely N-dealkylation sites (tertiary alicyclic amines) is 1. The molecular formula is C24H28BrFINO. The van der Waals surface area contributed by atoms with Gasteiger partial charge in [0.1, 0.15) is 17.7 Å². The van der Waals surface area contributed by atoms with Crippen LogP contribution in [0.15, 0.2) is 46.9 Å². The molecule has 0 radical (unpaired) electrons. The molecule has 2 nitrogen and oxygen atoms in total. The molecule has 4 rings (SSSR count). The summed E-state index contributed by atoms with van der Waals surface area (Å²) in [7, 11) is 0.